The van der Waals surface area contributed by atoms with E-state index < -0.39 is 0 Å². The van der Waals surface area contributed by atoms with Crippen LogP contribution >= 0.6 is 0 Å². The molecule has 1 saturated carbocycles. The molecule has 1 fully saturated rings. The maximum absolute atomic E-state index is 11.9. The molecule has 0 spiro atoms. The third-order valence-corrected chi connectivity index (χ3v) is 5.09. The van der Waals surface area contributed by atoms with Crippen LogP contribution in [0, 0.1) is 5.92 Å². The lowest BCUT2D eigenvalue weighted by Gasteiger charge is -2.33. The topological polar surface area (TPSA) is 17.1 Å². The second-order valence-corrected chi connectivity index (χ2v) is 8.64. The molecular weight excluding hydrogens is 244 g/mol. The minimum Gasteiger partial charge on any atom is -0.299 e. The van der Waals surface area contributed by atoms with E-state index in [0.717, 1.165) is 12.8 Å². The van der Waals surface area contributed by atoms with Crippen LogP contribution in [0.15, 0.2) is 12.1 Å². The fourth-order valence-electron chi connectivity index (χ4n) is 4.02. The van der Waals surface area contributed by atoms with Crippen molar-refractivity contribution in [3.05, 3.63) is 34.4 Å². The highest BCUT2D eigenvalue weighted by Gasteiger charge is 2.49. The van der Waals surface area contributed by atoms with Gasteiger partial charge in [0.05, 0.1) is 0 Å². The number of carbonyl (C=O) groups is 1. The first-order valence-corrected chi connectivity index (χ1v) is 7.80. The smallest absolute Gasteiger partial charge is 0.137 e. The molecule has 0 N–H and O–H groups in total. The van der Waals surface area contributed by atoms with Crippen LogP contribution < -0.4 is 0 Å². The highest BCUT2D eigenvalue weighted by atomic mass is 16.1. The standard InChI is InChI=1S/C19H26O/c1-18(2,3)14-7-8-15(19(4,5)6)17-12-10-16(20)11(12)9-13(14)17/h7-8,11-12H,9-10H2,1-6H3. The molecule has 0 aromatic heterocycles. The van der Waals surface area contributed by atoms with Gasteiger partial charge in [-0.3, -0.25) is 4.79 Å². The highest BCUT2D eigenvalue weighted by Crippen LogP contribution is 2.53. The van der Waals surface area contributed by atoms with Gasteiger partial charge in [-0.1, -0.05) is 53.7 Å². The van der Waals surface area contributed by atoms with Gasteiger partial charge < -0.3 is 0 Å². The number of fused-ring (bicyclic) bond motifs is 3. The van der Waals surface area contributed by atoms with Crippen LogP contribution in [0.25, 0.3) is 0 Å². The molecule has 1 aromatic carbocycles. The van der Waals surface area contributed by atoms with Gasteiger partial charge in [-0.05, 0) is 39.5 Å². The van der Waals surface area contributed by atoms with Crippen molar-refractivity contribution in [1.82, 2.24) is 0 Å². The molecule has 1 heteroatoms. The summed E-state index contributed by atoms with van der Waals surface area (Å²) in [6, 6.07) is 4.64. The molecule has 1 nitrogen and oxygen atoms in total. The molecule has 0 amide bonds. The molecule has 108 valence electrons. The lowest BCUT2D eigenvalue weighted by molar-refractivity contribution is -0.130. The Hall–Kier alpha value is -1.11. The molecular formula is C19H26O. The predicted octanol–water partition coefficient (Wildman–Crippen LogP) is 4.51. The molecule has 2 aliphatic rings. The van der Waals surface area contributed by atoms with Crippen molar-refractivity contribution in [3.8, 4) is 0 Å². The van der Waals surface area contributed by atoms with Crippen molar-refractivity contribution in [2.75, 3.05) is 0 Å². The average molecular weight is 270 g/mol. The summed E-state index contributed by atoms with van der Waals surface area (Å²) in [6.07, 6.45) is 1.75. The summed E-state index contributed by atoms with van der Waals surface area (Å²) in [5, 5.41) is 0. The third kappa shape index (κ3) is 1.86. The molecule has 1 aromatic rings. The second-order valence-electron chi connectivity index (χ2n) is 8.64. The Bertz CT molecular complexity index is 581. The van der Waals surface area contributed by atoms with Crippen LogP contribution in [0.2, 0.25) is 0 Å². The zero-order valence-corrected chi connectivity index (χ0v) is 13.6. The summed E-state index contributed by atoms with van der Waals surface area (Å²) in [7, 11) is 0. The van der Waals surface area contributed by atoms with E-state index in [1.807, 2.05) is 0 Å². The molecule has 0 aliphatic heterocycles. The van der Waals surface area contributed by atoms with E-state index in [-0.39, 0.29) is 16.7 Å². The first kappa shape index (κ1) is 13.9. The van der Waals surface area contributed by atoms with Gasteiger partial charge in [-0.25, -0.2) is 0 Å². The molecule has 20 heavy (non-hydrogen) atoms. The summed E-state index contributed by atoms with van der Waals surface area (Å²) in [4.78, 5) is 11.9. The van der Waals surface area contributed by atoms with E-state index in [0.29, 0.717) is 11.7 Å². The summed E-state index contributed by atoms with van der Waals surface area (Å²) in [5.74, 6) is 1.27. The summed E-state index contributed by atoms with van der Waals surface area (Å²) < 4.78 is 0. The van der Waals surface area contributed by atoms with E-state index >= 15 is 0 Å². The fourth-order valence-corrected chi connectivity index (χ4v) is 4.02. The van der Waals surface area contributed by atoms with Gasteiger partial charge in [0, 0.05) is 18.3 Å². The van der Waals surface area contributed by atoms with Gasteiger partial charge >= 0.3 is 0 Å². The molecule has 0 heterocycles. The summed E-state index contributed by atoms with van der Waals surface area (Å²) in [6.45, 7) is 13.7. The Balaban J connectivity index is 2.22. The van der Waals surface area contributed by atoms with E-state index in [1.54, 1.807) is 0 Å². The number of ketones is 1. The zero-order valence-electron chi connectivity index (χ0n) is 13.6. The lowest BCUT2D eigenvalue weighted by Crippen LogP contribution is -2.33. The number of Topliss-reactive ketones (excluding diaryl/α,β-unsaturated/α-hetero) is 1. The number of rotatable bonds is 0. The van der Waals surface area contributed by atoms with E-state index in [9.17, 15) is 4.79 Å². The van der Waals surface area contributed by atoms with Crippen LogP contribution in [0.4, 0.5) is 0 Å². The third-order valence-electron chi connectivity index (χ3n) is 5.09. The van der Waals surface area contributed by atoms with Crippen LogP contribution in [-0.4, -0.2) is 5.78 Å². The maximum atomic E-state index is 11.9. The molecule has 0 radical (unpaired) electrons. The number of carbonyl (C=O) groups excluding carboxylic acids is 1. The lowest BCUT2D eigenvalue weighted by atomic mass is 9.69. The van der Waals surface area contributed by atoms with E-state index in [2.05, 4.69) is 53.7 Å². The first-order chi connectivity index (χ1) is 9.10. The number of benzene rings is 1. The summed E-state index contributed by atoms with van der Waals surface area (Å²) >= 11 is 0. The Morgan fingerprint density at radius 2 is 1.40 bits per heavy atom. The van der Waals surface area contributed by atoms with Crippen molar-refractivity contribution in [2.24, 2.45) is 5.92 Å². The molecule has 2 unspecified atom stereocenters. The Morgan fingerprint density at radius 1 is 0.850 bits per heavy atom. The van der Waals surface area contributed by atoms with Gasteiger partial charge in [0.2, 0.25) is 0 Å². The SMILES string of the molecule is CC(C)(C)c1ccc(C(C)(C)C)c2c1CC1C(=O)CC21. The van der Waals surface area contributed by atoms with Crippen LogP contribution in [0.3, 0.4) is 0 Å². The Kier molecular flexibility index (Phi) is 2.74. The number of hydrogen-bond donors (Lipinski definition) is 0. The zero-order chi connectivity index (χ0) is 14.9. The normalized spacial score (nSPS) is 25.2. The van der Waals surface area contributed by atoms with Gasteiger partial charge in [0.25, 0.3) is 0 Å². The van der Waals surface area contributed by atoms with E-state index in [4.69, 9.17) is 0 Å². The van der Waals surface area contributed by atoms with Crippen LogP contribution in [0.5, 0.6) is 0 Å². The minimum absolute atomic E-state index is 0.160. The monoisotopic (exact) mass is 270 g/mol. The second kappa shape index (κ2) is 3.96. The molecule has 3 rings (SSSR count). The van der Waals surface area contributed by atoms with Gasteiger partial charge in [0.1, 0.15) is 5.78 Å². The fraction of sp³-hybridized carbons (Fsp3) is 0.632. The van der Waals surface area contributed by atoms with Crippen LogP contribution in [0.1, 0.15) is 76.1 Å². The Morgan fingerprint density at radius 3 is 1.90 bits per heavy atom. The average Bonchev–Trinajstić information content (AvgIpc) is 2.59. The van der Waals surface area contributed by atoms with Crippen molar-refractivity contribution in [1.29, 1.82) is 0 Å². The highest BCUT2D eigenvalue weighted by molar-refractivity contribution is 5.91. The quantitative estimate of drug-likeness (QED) is 0.678. The Labute approximate surface area is 122 Å². The molecule has 0 saturated heterocycles. The van der Waals surface area contributed by atoms with Crippen molar-refractivity contribution in [2.45, 2.75) is 71.1 Å². The van der Waals surface area contributed by atoms with Crippen molar-refractivity contribution < 1.29 is 4.79 Å². The van der Waals surface area contributed by atoms with Crippen LogP contribution in [-0.2, 0) is 22.0 Å². The minimum atomic E-state index is 0.160. The van der Waals surface area contributed by atoms with Gasteiger partial charge in [0.15, 0.2) is 0 Å². The maximum Gasteiger partial charge on any atom is 0.137 e. The van der Waals surface area contributed by atoms with Crippen molar-refractivity contribution >= 4 is 5.78 Å². The van der Waals surface area contributed by atoms with Gasteiger partial charge in [-0.2, -0.15) is 0 Å². The largest absolute Gasteiger partial charge is 0.299 e. The molecule has 2 aliphatic carbocycles. The van der Waals surface area contributed by atoms with E-state index in [1.165, 1.54) is 22.3 Å². The summed E-state index contributed by atoms with van der Waals surface area (Å²) in [5.41, 5.74) is 6.24. The van der Waals surface area contributed by atoms with Crippen molar-refractivity contribution in [3.63, 3.8) is 0 Å². The molecule has 0 bridgehead atoms. The number of hydrogen-bond acceptors (Lipinski definition) is 1. The molecule has 2 atom stereocenters. The predicted molar refractivity (Wildman–Crippen MR) is 83.4 cm³/mol. The first-order valence-electron chi connectivity index (χ1n) is 7.80. The van der Waals surface area contributed by atoms with Gasteiger partial charge in [-0.15, -0.1) is 0 Å².